The number of guanidine groups is 2. The van der Waals surface area contributed by atoms with Crippen molar-refractivity contribution in [2.75, 3.05) is 52.4 Å². The van der Waals surface area contributed by atoms with E-state index >= 15 is 0 Å². The van der Waals surface area contributed by atoms with E-state index in [1.54, 1.807) is 0 Å². The van der Waals surface area contributed by atoms with Gasteiger partial charge in [-0.2, -0.15) is 8.42 Å². The van der Waals surface area contributed by atoms with Gasteiger partial charge in [0.1, 0.15) is 0 Å². The molecule has 2 saturated heterocycles. The highest BCUT2D eigenvalue weighted by Gasteiger charge is 2.18. The smallest absolute Gasteiger partial charge is 0.370 e. The van der Waals surface area contributed by atoms with Gasteiger partial charge in [-0.15, -0.1) is 0 Å². The molecule has 0 spiro atoms. The number of nitrogens with one attached hydrogen (secondary N) is 2. The highest BCUT2D eigenvalue weighted by Crippen LogP contribution is 2.15. The van der Waals surface area contributed by atoms with E-state index in [-0.39, 0.29) is 11.9 Å². The van der Waals surface area contributed by atoms with Crippen LogP contribution < -0.4 is 11.5 Å². The fraction of sp³-hybridized carbons (Fsp3) is 0.417. The number of hydrogen-bond donors (Lipinski definition) is 6. The normalized spacial score (nSPS) is 16.4. The molecule has 0 aromatic heterocycles. The fourth-order valence-corrected chi connectivity index (χ4v) is 4.51. The summed E-state index contributed by atoms with van der Waals surface area (Å²) in [6.07, 6.45) is 0. The van der Waals surface area contributed by atoms with Crippen molar-refractivity contribution in [2.24, 2.45) is 11.5 Å². The number of piperazine rings is 2. The molecule has 0 radical (unpaired) electrons. The van der Waals surface area contributed by atoms with Gasteiger partial charge in [0.2, 0.25) is 0 Å². The summed E-state index contributed by atoms with van der Waals surface area (Å²) in [7, 11) is -4.67. The lowest BCUT2D eigenvalue weighted by atomic mass is 10.2. The number of hydrogen-bond acceptors (Lipinski definition) is 6. The minimum Gasteiger partial charge on any atom is -0.370 e. The first-order valence-corrected chi connectivity index (χ1v) is 14.3. The lowest BCUT2D eigenvalue weighted by molar-refractivity contribution is 0.174. The van der Waals surface area contributed by atoms with Crippen LogP contribution in [0.3, 0.4) is 0 Å². The first-order valence-electron chi connectivity index (χ1n) is 12.1. The van der Waals surface area contributed by atoms with Gasteiger partial charge in [0.15, 0.2) is 11.9 Å². The molecule has 216 valence electrons. The maximum atomic E-state index is 8.74. The predicted molar refractivity (Wildman–Crippen MR) is 155 cm³/mol. The molecule has 12 nitrogen and oxygen atoms in total. The molecule has 2 aromatic rings. The maximum absolute atomic E-state index is 8.74. The van der Waals surface area contributed by atoms with Crippen LogP contribution in [0.25, 0.3) is 0 Å². The Balaban J connectivity index is 0.000000234. The number of rotatable bonds is 4. The van der Waals surface area contributed by atoms with Crippen molar-refractivity contribution in [3.05, 3.63) is 69.7 Å². The highest BCUT2D eigenvalue weighted by atomic mass is 35.5. The van der Waals surface area contributed by atoms with Gasteiger partial charge in [-0.3, -0.25) is 29.7 Å². The summed E-state index contributed by atoms with van der Waals surface area (Å²) in [4.78, 5) is 8.50. The predicted octanol–water partition coefficient (Wildman–Crippen LogP) is 2.05. The minimum atomic E-state index is -4.67. The van der Waals surface area contributed by atoms with Gasteiger partial charge in [0.05, 0.1) is 0 Å². The standard InChI is InChI=1S/2C12H17ClN4.H2O4S/c2*13-11-3-1-2-10(8-11)9-16-4-6-17(7-5-16)12(14)15;1-5(2,3)4/h2*1-3,8H,4-7,9H2,(H3,14,15);(H2,1,2,3,4). The van der Waals surface area contributed by atoms with Crippen LogP contribution in [0.5, 0.6) is 0 Å². The zero-order chi connectivity index (χ0) is 29.0. The molecule has 15 heteroatoms. The fourth-order valence-electron chi connectivity index (χ4n) is 4.08. The van der Waals surface area contributed by atoms with Gasteiger partial charge < -0.3 is 21.3 Å². The van der Waals surface area contributed by atoms with Gasteiger partial charge >= 0.3 is 10.4 Å². The van der Waals surface area contributed by atoms with Gasteiger partial charge in [0, 0.05) is 75.5 Å². The van der Waals surface area contributed by atoms with Crippen molar-refractivity contribution in [3.63, 3.8) is 0 Å². The molecular weight excluding hydrogens is 567 g/mol. The Morgan fingerprint density at radius 2 is 1.03 bits per heavy atom. The molecule has 0 bridgehead atoms. The van der Waals surface area contributed by atoms with Gasteiger partial charge in [-0.25, -0.2) is 0 Å². The van der Waals surface area contributed by atoms with Crippen LogP contribution in [0, 0.1) is 10.8 Å². The summed E-state index contributed by atoms with van der Waals surface area (Å²) in [6.45, 7) is 8.88. The summed E-state index contributed by atoms with van der Waals surface area (Å²) < 4.78 is 31.6. The van der Waals surface area contributed by atoms with Gasteiger partial charge in [-0.05, 0) is 35.4 Å². The molecule has 0 unspecified atom stereocenters. The average molecular weight is 604 g/mol. The van der Waals surface area contributed by atoms with Crippen LogP contribution in [-0.2, 0) is 23.5 Å². The number of halogens is 2. The Hall–Kier alpha value is -2.65. The van der Waals surface area contributed by atoms with E-state index in [4.69, 9.17) is 63.0 Å². The molecule has 8 N–H and O–H groups in total. The Bertz CT molecular complexity index is 1100. The third-order valence-corrected chi connectivity index (χ3v) is 6.49. The molecule has 0 atom stereocenters. The highest BCUT2D eigenvalue weighted by molar-refractivity contribution is 7.79. The molecule has 4 rings (SSSR count). The topological polar surface area (TPSA) is 187 Å². The number of nitrogens with two attached hydrogens (primary N) is 2. The minimum absolute atomic E-state index is 0.174. The summed E-state index contributed by atoms with van der Waals surface area (Å²) in [5.41, 5.74) is 13.4. The Morgan fingerprint density at radius 1 is 0.718 bits per heavy atom. The van der Waals surface area contributed by atoms with Crippen LogP contribution >= 0.6 is 23.2 Å². The van der Waals surface area contributed by atoms with Crippen LogP contribution in [0.4, 0.5) is 0 Å². The molecule has 0 saturated carbocycles. The van der Waals surface area contributed by atoms with Crippen molar-refractivity contribution < 1.29 is 17.5 Å². The first-order chi connectivity index (χ1) is 18.3. The molecule has 2 aliphatic rings. The maximum Gasteiger partial charge on any atom is 0.394 e. The summed E-state index contributed by atoms with van der Waals surface area (Å²) in [5, 5.41) is 16.3. The van der Waals surface area contributed by atoms with Gasteiger partial charge in [-0.1, -0.05) is 47.5 Å². The van der Waals surface area contributed by atoms with E-state index in [0.717, 1.165) is 75.5 Å². The van der Waals surface area contributed by atoms with E-state index in [1.165, 1.54) is 11.1 Å². The Kier molecular flexibility index (Phi) is 13.2. The van der Waals surface area contributed by atoms with Crippen molar-refractivity contribution >= 4 is 45.5 Å². The molecule has 2 fully saturated rings. The van der Waals surface area contributed by atoms with E-state index in [2.05, 4.69) is 21.9 Å². The quantitative estimate of drug-likeness (QED) is 0.172. The third-order valence-electron chi connectivity index (χ3n) is 6.02. The number of benzene rings is 2. The molecule has 39 heavy (non-hydrogen) atoms. The largest absolute Gasteiger partial charge is 0.394 e. The van der Waals surface area contributed by atoms with E-state index in [1.807, 2.05) is 46.2 Å². The van der Waals surface area contributed by atoms with Crippen molar-refractivity contribution in [1.82, 2.24) is 19.6 Å². The molecule has 2 aliphatic heterocycles. The van der Waals surface area contributed by atoms with E-state index in [0.29, 0.717) is 0 Å². The summed E-state index contributed by atoms with van der Waals surface area (Å²) in [6, 6.07) is 15.9. The zero-order valence-corrected chi connectivity index (χ0v) is 23.8. The first kappa shape index (κ1) is 32.6. The zero-order valence-electron chi connectivity index (χ0n) is 21.5. The average Bonchev–Trinajstić information content (AvgIpc) is 2.84. The summed E-state index contributed by atoms with van der Waals surface area (Å²) >= 11 is 11.9. The van der Waals surface area contributed by atoms with Crippen LogP contribution in [0.2, 0.25) is 10.0 Å². The van der Waals surface area contributed by atoms with E-state index in [9.17, 15) is 0 Å². The SMILES string of the molecule is N=C(N)N1CCN(Cc2cccc(Cl)c2)CC1.N=C(N)N1CCN(Cc2cccc(Cl)c2)CC1.O=S(=O)(O)O. The van der Waals surface area contributed by atoms with Crippen molar-refractivity contribution in [2.45, 2.75) is 13.1 Å². The monoisotopic (exact) mass is 602 g/mol. The van der Waals surface area contributed by atoms with Crippen molar-refractivity contribution in [1.29, 1.82) is 10.8 Å². The van der Waals surface area contributed by atoms with Crippen molar-refractivity contribution in [3.8, 4) is 0 Å². The van der Waals surface area contributed by atoms with Crippen LogP contribution in [0.1, 0.15) is 11.1 Å². The third kappa shape index (κ3) is 13.8. The second-order valence-corrected chi connectivity index (χ2v) is 10.8. The molecule has 0 aliphatic carbocycles. The van der Waals surface area contributed by atoms with Gasteiger partial charge in [0.25, 0.3) is 0 Å². The second-order valence-electron chi connectivity index (χ2n) is 9.00. The second kappa shape index (κ2) is 15.8. The van der Waals surface area contributed by atoms with Crippen LogP contribution in [0.15, 0.2) is 48.5 Å². The molecule has 2 aromatic carbocycles. The number of nitrogens with zero attached hydrogens (tertiary/aromatic N) is 4. The Labute approximate surface area is 239 Å². The lowest BCUT2D eigenvalue weighted by Crippen LogP contribution is -2.50. The molecule has 2 heterocycles. The lowest BCUT2D eigenvalue weighted by Gasteiger charge is -2.34. The van der Waals surface area contributed by atoms with Crippen LogP contribution in [-0.4, -0.2) is 101 Å². The Morgan fingerprint density at radius 3 is 1.28 bits per heavy atom. The molecule has 0 amide bonds. The summed E-state index contributed by atoms with van der Waals surface area (Å²) in [5.74, 6) is 0.347. The van der Waals surface area contributed by atoms with E-state index < -0.39 is 10.4 Å². The molecular formula is C24H36Cl2N8O4S.